The van der Waals surface area contributed by atoms with Gasteiger partial charge < -0.3 is 10.6 Å². The van der Waals surface area contributed by atoms with Crippen LogP contribution in [0.5, 0.6) is 0 Å². The number of rotatable bonds is 6. The zero-order chi connectivity index (χ0) is 21.6. The molecule has 3 aromatic carbocycles. The molecule has 2 N–H and O–H groups in total. The number of anilines is 1. The number of benzene rings is 3. The number of thiazole rings is 1. The fraction of sp³-hybridized carbons (Fsp3) is 0.0417. The lowest BCUT2D eigenvalue weighted by Crippen LogP contribution is -2.20. The fourth-order valence-electron chi connectivity index (χ4n) is 2.92. The summed E-state index contributed by atoms with van der Waals surface area (Å²) in [7, 11) is 0. The molecule has 0 aliphatic carbocycles. The SMILES string of the molecule is O=C(C=Cc1nc2ccccc2s1)NCc1cccc(NC(=O)c2ccc(F)cc2)c1. The molecule has 0 aliphatic heterocycles. The molecule has 4 rings (SSSR count). The van der Waals surface area contributed by atoms with Crippen LogP contribution in [-0.4, -0.2) is 16.8 Å². The van der Waals surface area contributed by atoms with Crippen molar-refractivity contribution in [1.29, 1.82) is 0 Å². The molecule has 0 bridgehead atoms. The fourth-order valence-corrected chi connectivity index (χ4v) is 3.79. The van der Waals surface area contributed by atoms with E-state index in [1.54, 1.807) is 24.3 Å². The maximum absolute atomic E-state index is 13.0. The summed E-state index contributed by atoms with van der Waals surface area (Å²) >= 11 is 1.52. The number of carbonyl (C=O) groups excluding carboxylic acids is 2. The smallest absolute Gasteiger partial charge is 0.255 e. The average Bonchev–Trinajstić information content (AvgIpc) is 3.20. The maximum atomic E-state index is 13.0. The van der Waals surface area contributed by atoms with Crippen LogP contribution in [0.4, 0.5) is 10.1 Å². The van der Waals surface area contributed by atoms with Gasteiger partial charge in [-0.3, -0.25) is 9.59 Å². The number of para-hydroxylation sites is 1. The van der Waals surface area contributed by atoms with E-state index in [-0.39, 0.29) is 11.8 Å². The molecular formula is C24H18FN3O2S. The van der Waals surface area contributed by atoms with Crippen LogP contribution in [0.1, 0.15) is 20.9 Å². The third kappa shape index (κ3) is 5.40. The van der Waals surface area contributed by atoms with Crippen molar-refractivity contribution in [2.24, 2.45) is 0 Å². The van der Waals surface area contributed by atoms with Crippen LogP contribution in [0.3, 0.4) is 0 Å². The largest absolute Gasteiger partial charge is 0.348 e. The molecule has 0 aliphatic rings. The van der Waals surface area contributed by atoms with E-state index in [2.05, 4.69) is 15.6 Å². The summed E-state index contributed by atoms with van der Waals surface area (Å²) in [6.07, 6.45) is 3.15. The molecule has 0 saturated carbocycles. The first kappa shape index (κ1) is 20.4. The second-order valence-corrected chi connectivity index (χ2v) is 7.79. The van der Waals surface area contributed by atoms with E-state index >= 15 is 0 Å². The molecule has 7 heteroatoms. The number of fused-ring (bicyclic) bond motifs is 1. The lowest BCUT2D eigenvalue weighted by atomic mass is 10.1. The van der Waals surface area contributed by atoms with Crippen LogP contribution in [-0.2, 0) is 11.3 Å². The minimum Gasteiger partial charge on any atom is -0.348 e. The summed E-state index contributed by atoms with van der Waals surface area (Å²) in [6.45, 7) is 0.309. The molecule has 0 atom stereocenters. The Morgan fingerprint density at radius 2 is 1.81 bits per heavy atom. The number of aromatic nitrogens is 1. The van der Waals surface area contributed by atoms with Gasteiger partial charge in [0.2, 0.25) is 5.91 Å². The zero-order valence-electron chi connectivity index (χ0n) is 16.3. The van der Waals surface area contributed by atoms with E-state index in [1.807, 2.05) is 30.3 Å². The summed E-state index contributed by atoms with van der Waals surface area (Å²) in [5, 5.41) is 6.35. The van der Waals surface area contributed by atoms with Gasteiger partial charge in [0.15, 0.2) is 0 Å². The topological polar surface area (TPSA) is 71.1 Å². The molecule has 0 saturated heterocycles. The Bertz CT molecular complexity index is 1230. The van der Waals surface area contributed by atoms with Gasteiger partial charge >= 0.3 is 0 Å². The van der Waals surface area contributed by atoms with E-state index < -0.39 is 5.82 Å². The molecular weight excluding hydrogens is 413 g/mol. The summed E-state index contributed by atoms with van der Waals surface area (Å²) in [5.74, 6) is -0.966. The van der Waals surface area contributed by atoms with E-state index in [9.17, 15) is 14.0 Å². The molecule has 1 heterocycles. The van der Waals surface area contributed by atoms with Crippen LogP contribution in [0.2, 0.25) is 0 Å². The van der Waals surface area contributed by atoms with Crippen LogP contribution < -0.4 is 10.6 Å². The highest BCUT2D eigenvalue weighted by Gasteiger charge is 2.07. The van der Waals surface area contributed by atoms with Crippen molar-refractivity contribution in [2.45, 2.75) is 6.54 Å². The van der Waals surface area contributed by atoms with Gasteiger partial charge in [0.25, 0.3) is 5.91 Å². The molecule has 1 aromatic heterocycles. The van der Waals surface area contributed by atoms with Crippen molar-refractivity contribution in [3.05, 3.63) is 101 Å². The molecule has 0 unspecified atom stereocenters. The van der Waals surface area contributed by atoms with Gasteiger partial charge in [-0.2, -0.15) is 0 Å². The van der Waals surface area contributed by atoms with Gasteiger partial charge in [0.1, 0.15) is 10.8 Å². The Labute approximate surface area is 182 Å². The summed E-state index contributed by atoms with van der Waals surface area (Å²) in [5.41, 5.74) is 2.69. The van der Waals surface area contributed by atoms with Crippen molar-refractivity contribution in [1.82, 2.24) is 10.3 Å². The molecule has 0 spiro atoms. The van der Waals surface area contributed by atoms with Gasteiger partial charge in [0.05, 0.1) is 10.2 Å². The van der Waals surface area contributed by atoms with Gasteiger partial charge in [0, 0.05) is 23.9 Å². The number of nitrogens with one attached hydrogen (secondary N) is 2. The third-order valence-electron chi connectivity index (χ3n) is 4.45. The summed E-state index contributed by atoms with van der Waals surface area (Å²) in [6, 6.07) is 20.3. The predicted molar refractivity (Wildman–Crippen MR) is 121 cm³/mol. The number of carbonyl (C=O) groups is 2. The minimum atomic E-state index is -0.397. The quantitative estimate of drug-likeness (QED) is 0.421. The molecule has 5 nitrogen and oxygen atoms in total. The molecule has 0 radical (unpaired) electrons. The number of amides is 2. The molecule has 154 valence electrons. The highest BCUT2D eigenvalue weighted by Crippen LogP contribution is 2.22. The number of nitrogens with zero attached hydrogens (tertiary/aromatic N) is 1. The average molecular weight is 431 g/mol. The van der Waals surface area contributed by atoms with Gasteiger partial charge in [-0.1, -0.05) is 24.3 Å². The number of halogens is 1. The van der Waals surface area contributed by atoms with E-state index in [0.29, 0.717) is 17.8 Å². The Balaban J connectivity index is 1.33. The Morgan fingerprint density at radius 1 is 1.00 bits per heavy atom. The summed E-state index contributed by atoms with van der Waals surface area (Å²) < 4.78 is 14.1. The van der Waals surface area contributed by atoms with Crippen LogP contribution in [0, 0.1) is 5.82 Å². The van der Waals surface area contributed by atoms with Crippen LogP contribution in [0.15, 0.2) is 78.9 Å². The highest BCUT2D eigenvalue weighted by atomic mass is 32.1. The Morgan fingerprint density at radius 3 is 2.61 bits per heavy atom. The van der Waals surface area contributed by atoms with Gasteiger partial charge in [-0.15, -0.1) is 11.3 Å². The number of hydrogen-bond acceptors (Lipinski definition) is 4. The first-order valence-corrected chi connectivity index (χ1v) is 10.4. The highest BCUT2D eigenvalue weighted by molar-refractivity contribution is 7.19. The van der Waals surface area contributed by atoms with Gasteiger partial charge in [-0.05, 0) is 60.2 Å². The van der Waals surface area contributed by atoms with Crippen molar-refractivity contribution in [2.75, 3.05) is 5.32 Å². The summed E-state index contributed by atoms with van der Waals surface area (Å²) in [4.78, 5) is 28.9. The van der Waals surface area contributed by atoms with E-state index in [4.69, 9.17) is 0 Å². The second kappa shape index (κ2) is 9.32. The number of hydrogen-bond donors (Lipinski definition) is 2. The standard InChI is InChI=1S/C24H18FN3O2S/c25-18-10-8-17(9-11-18)24(30)27-19-5-3-4-16(14-19)15-26-22(29)12-13-23-28-20-6-1-2-7-21(20)31-23/h1-14H,15H2,(H,26,29)(H,27,30). The molecule has 4 aromatic rings. The third-order valence-corrected chi connectivity index (χ3v) is 5.45. The molecule has 2 amide bonds. The van der Waals surface area contributed by atoms with Crippen molar-refractivity contribution < 1.29 is 14.0 Å². The van der Waals surface area contributed by atoms with E-state index in [0.717, 1.165) is 20.8 Å². The van der Waals surface area contributed by atoms with Crippen molar-refractivity contribution >= 4 is 45.1 Å². The molecule has 0 fully saturated rings. The van der Waals surface area contributed by atoms with Crippen LogP contribution in [0.25, 0.3) is 16.3 Å². The zero-order valence-corrected chi connectivity index (χ0v) is 17.2. The Hall–Kier alpha value is -3.84. The van der Waals surface area contributed by atoms with E-state index in [1.165, 1.54) is 41.7 Å². The van der Waals surface area contributed by atoms with Crippen LogP contribution >= 0.6 is 11.3 Å². The first-order valence-electron chi connectivity index (χ1n) is 9.54. The van der Waals surface area contributed by atoms with Crippen molar-refractivity contribution in [3.63, 3.8) is 0 Å². The minimum absolute atomic E-state index is 0.236. The lowest BCUT2D eigenvalue weighted by Gasteiger charge is -2.08. The second-order valence-electron chi connectivity index (χ2n) is 6.73. The Kier molecular flexibility index (Phi) is 6.14. The predicted octanol–water partition coefficient (Wildman–Crippen LogP) is 5.02. The normalized spacial score (nSPS) is 11.0. The monoisotopic (exact) mass is 431 g/mol. The maximum Gasteiger partial charge on any atom is 0.255 e. The van der Waals surface area contributed by atoms with Gasteiger partial charge in [-0.25, -0.2) is 9.37 Å². The first-order chi connectivity index (χ1) is 15.1. The molecule has 31 heavy (non-hydrogen) atoms. The lowest BCUT2D eigenvalue weighted by molar-refractivity contribution is -0.116. The van der Waals surface area contributed by atoms with Crippen molar-refractivity contribution in [3.8, 4) is 0 Å².